The first-order chi connectivity index (χ1) is 15.6. The highest BCUT2D eigenvalue weighted by Crippen LogP contribution is 2.42. The summed E-state index contributed by atoms with van der Waals surface area (Å²) in [7, 11) is 0. The Morgan fingerprint density at radius 3 is 2.91 bits per heavy atom. The molecule has 0 spiro atoms. The molecule has 1 aliphatic rings. The highest BCUT2D eigenvalue weighted by molar-refractivity contribution is 7.19. The number of carbonyl (C=O) groups is 1. The number of H-pyrrole nitrogens is 1. The molecule has 1 aliphatic heterocycles. The number of pyridine rings is 1. The van der Waals surface area contributed by atoms with Crippen molar-refractivity contribution in [3.8, 4) is 27.8 Å². The number of aromatic nitrogens is 3. The van der Waals surface area contributed by atoms with Crippen molar-refractivity contribution in [1.29, 1.82) is 5.26 Å². The number of thiazole rings is 1. The van der Waals surface area contributed by atoms with E-state index in [4.69, 9.17) is 9.72 Å². The predicted octanol–water partition coefficient (Wildman–Crippen LogP) is 4.40. The molecule has 0 unspecified atom stereocenters. The third kappa shape index (κ3) is 3.82. The number of hydrogen-bond acceptors (Lipinski definition) is 6. The van der Waals surface area contributed by atoms with E-state index in [1.807, 2.05) is 43.5 Å². The van der Waals surface area contributed by atoms with Crippen molar-refractivity contribution in [2.45, 2.75) is 6.92 Å². The van der Waals surface area contributed by atoms with Gasteiger partial charge in [-0.3, -0.25) is 5.32 Å². The van der Waals surface area contributed by atoms with Gasteiger partial charge >= 0.3 is 6.03 Å². The molecule has 9 heteroatoms. The van der Waals surface area contributed by atoms with Crippen LogP contribution in [0.25, 0.3) is 32.7 Å². The van der Waals surface area contributed by atoms with Gasteiger partial charge in [0.05, 0.1) is 35.4 Å². The van der Waals surface area contributed by atoms with Crippen LogP contribution in [0.1, 0.15) is 11.3 Å². The summed E-state index contributed by atoms with van der Waals surface area (Å²) in [5, 5.41) is 13.8. The van der Waals surface area contributed by atoms with Crippen molar-refractivity contribution in [2.24, 2.45) is 0 Å². The number of nitrogens with one attached hydrogen (secondary N) is 2. The summed E-state index contributed by atoms with van der Waals surface area (Å²) < 4.78 is 5.34. The number of ether oxygens (including phenoxy) is 1. The maximum atomic E-state index is 12.8. The van der Waals surface area contributed by atoms with Gasteiger partial charge in [0.15, 0.2) is 5.13 Å². The maximum absolute atomic E-state index is 12.8. The Hall–Kier alpha value is -3.74. The number of carbonyl (C=O) groups excluding carboxylic acids is 1. The molecule has 4 heterocycles. The van der Waals surface area contributed by atoms with E-state index in [9.17, 15) is 10.1 Å². The minimum absolute atomic E-state index is 0.191. The van der Waals surface area contributed by atoms with E-state index in [0.29, 0.717) is 37.0 Å². The Kier molecular flexibility index (Phi) is 5.31. The normalized spacial score (nSPS) is 13.8. The first-order valence-electron chi connectivity index (χ1n) is 10.2. The number of nitrogens with zero attached hydrogens (tertiary/aromatic N) is 4. The van der Waals surface area contributed by atoms with Crippen LogP contribution in [0.5, 0.6) is 0 Å². The Bertz CT molecular complexity index is 1350. The van der Waals surface area contributed by atoms with E-state index in [1.54, 1.807) is 11.0 Å². The number of anilines is 1. The first kappa shape index (κ1) is 20.2. The summed E-state index contributed by atoms with van der Waals surface area (Å²) in [6, 6.07) is 13.3. The van der Waals surface area contributed by atoms with Crippen molar-refractivity contribution < 1.29 is 9.53 Å². The highest BCUT2D eigenvalue weighted by atomic mass is 32.1. The van der Waals surface area contributed by atoms with Gasteiger partial charge in [-0.1, -0.05) is 23.5 Å². The molecule has 0 atom stereocenters. The zero-order chi connectivity index (χ0) is 22.1. The van der Waals surface area contributed by atoms with Crippen LogP contribution in [0.15, 0.2) is 42.6 Å². The lowest BCUT2D eigenvalue weighted by Crippen LogP contribution is -2.43. The fraction of sp³-hybridized carbons (Fsp3) is 0.217. The topological polar surface area (TPSA) is 107 Å². The zero-order valence-corrected chi connectivity index (χ0v) is 18.2. The monoisotopic (exact) mass is 444 g/mol. The Morgan fingerprint density at radius 2 is 2.09 bits per heavy atom. The van der Waals surface area contributed by atoms with Crippen LogP contribution in [0.2, 0.25) is 0 Å². The molecule has 0 saturated carbocycles. The summed E-state index contributed by atoms with van der Waals surface area (Å²) in [6.45, 7) is 4.11. The van der Waals surface area contributed by atoms with Crippen LogP contribution >= 0.6 is 11.3 Å². The minimum Gasteiger partial charge on any atom is -0.378 e. The molecule has 3 aromatic heterocycles. The third-order valence-electron chi connectivity index (χ3n) is 5.31. The second-order valence-corrected chi connectivity index (χ2v) is 8.47. The van der Waals surface area contributed by atoms with E-state index < -0.39 is 0 Å². The molecule has 2 amide bonds. The number of rotatable bonds is 3. The second kappa shape index (κ2) is 8.42. The Labute approximate surface area is 188 Å². The van der Waals surface area contributed by atoms with E-state index >= 15 is 0 Å². The van der Waals surface area contributed by atoms with Gasteiger partial charge in [0.2, 0.25) is 0 Å². The molecule has 0 radical (unpaired) electrons. The SMILES string of the molecule is Cc1cc(-c2sc(NC(=O)N3CCOCC3)nc2-c2cccc(C#N)c2)c2cc[nH]c2n1. The van der Waals surface area contributed by atoms with Crippen LogP contribution in [-0.4, -0.2) is 52.2 Å². The maximum Gasteiger partial charge on any atom is 0.323 e. The summed E-state index contributed by atoms with van der Waals surface area (Å²) in [5.74, 6) is 0. The molecule has 32 heavy (non-hydrogen) atoms. The van der Waals surface area contributed by atoms with Crippen molar-refractivity contribution >= 4 is 33.5 Å². The molecule has 4 aromatic rings. The average Bonchev–Trinajstić information content (AvgIpc) is 3.46. The smallest absolute Gasteiger partial charge is 0.323 e. The number of urea groups is 1. The number of hydrogen-bond donors (Lipinski definition) is 2. The molecular formula is C23H20N6O2S. The molecule has 1 saturated heterocycles. The van der Waals surface area contributed by atoms with Gasteiger partial charge in [0.25, 0.3) is 0 Å². The van der Waals surface area contributed by atoms with Gasteiger partial charge in [-0.05, 0) is 31.2 Å². The molecule has 1 aromatic carbocycles. The van der Waals surface area contributed by atoms with Gasteiger partial charge in [-0.15, -0.1) is 0 Å². The lowest BCUT2D eigenvalue weighted by molar-refractivity contribution is 0.0564. The number of amides is 2. The molecule has 2 N–H and O–H groups in total. The minimum atomic E-state index is -0.191. The van der Waals surface area contributed by atoms with Gasteiger partial charge in [0, 0.05) is 41.5 Å². The van der Waals surface area contributed by atoms with Crippen molar-refractivity contribution in [3.63, 3.8) is 0 Å². The van der Waals surface area contributed by atoms with E-state index in [2.05, 4.69) is 21.4 Å². The number of morpholine rings is 1. The van der Waals surface area contributed by atoms with Crippen LogP contribution in [0.4, 0.5) is 9.93 Å². The zero-order valence-electron chi connectivity index (χ0n) is 17.4. The average molecular weight is 445 g/mol. The quantitative estimate of drug-likeness (QED) is 0.487. The van der Waals surface area contributed by atoms with Crippen LogP contribution in [0.3, 0.4) is 0 Å². The lowest BCUT2D eigenvalue weighted by atomic mass is 10.0. The molecule has 160 valence electrons. The molecule has 8 nitrogen and oxygen atoms in total. The van der Waals surface area contributed by atoms with E-state index in [-0.39, 0.29) is 6.03 Å². The number of aromatic amines is 1. The van der Waals surface area contributed by atoms with Gasteiger partial charge in [0.1, 0.15) is 5.65 Å². The van der Waals surface area contributed by atoms with Crippen molar-refractivity contribution in [3.05, 3.63) is 53.9 Å². The molecular weight excluding hydrogens is 424 g/mol. The summed E-state index contributed by atoms with van der Waals surface area (Å²) in [6.07, 6.45) is 1.86. The number of fused-ring (bicyclic) bond motifs is 1. The van der Waals surface area contributed by atoms with E-state index in [0.717, 1.165) is 38.4 Å². The summed E-state index contributed by atoms with van der Waals surface area (Å²) >= 11 is 1.41. The Balaban J connectivity index is 1.61. The number of benzene rings is 1. The van der Waals surface area contributed by atoms with Gasteiger partial charge in [-0.25, -0.2) is 14.8 Å². The number of nitriles is 1. The fourth-order valence-corrected chi connectivity index (χ4v) is 4.79. The molecule has 5 rings (SSSR count). The van der Waals surface area contributed by atoms with Gasteiger partial charge in [-0.2, -0.15) is 5.26 Å². The first-order valence-corrected chi connectivity index (χ1v) is 11.0. The standard InChI is InChI=1S/C23H20N6O2S/c1-14-11-18(17-5-6-25-21(17)26-14)20-19(16-4-2-3-15(12-16)13-24)27-22(32-20)28-23(30)29-7-9-31-10-8-29/h2-6,11-12H,7-10H2,1H3,(H,25,26)(H,27,28,30). The van der Waals surface area contributed by atoms with Crippen molar-refractivity contribution in [2.75, 3.05) is 31.6 Å². The predicted molar refractivity (Wildman–Crippen MR) is 124 cm³/mol. The lowest BCUT2D eigenvalue weighted by Gasteiger charge is -2.26. The molecule has 0 aliphatic carbocycles. The number of aryl methyl sites for hydroxylation is 1. The Morgan fingerprint density at radius 1 is 1.25 bits per heavy atom. The van der Waals surface area contributed by atoms with Crippen LogP contribution in [-0.2, 0) is 4.74 Å². The van der Waals surface area contributed by atoms with Crippen molar-refractivity contribution in [1.82, 2.24) is 19.9 Å². The molecule has 1 fully saturated rings. The third-order valence-corrected chi connectivity index (χ3v) is 6.31. The summed E-state index contributed by atoms with van der Waals surface area (Å²) in [5.41, 5.74) is 4.74. The van der Waals surface area contributed by atoms with Crippen LogP contribution in [0, 0.1) is 18.3 Å². The largest absolute Gasteiger partial charge is 0.378 e. The van der Waals surface area contributed by atoms with Gasteiger partial charge < -0.3 is 14.6 Å². The van der Waals surface area contributed by atoms with Crippen LogP contribution < -0.4 is 5.32 Å². The van der Waals surface area contributed by atoms with E-state index in [1.165, 1.54) is 11.3 Å². The molecule has 0 bridgehead atoms. The highest BCUT2D eigenvalue weighted by Gasteiger charge is 2.22. The second-order valence-electron chi connectivity index (χ2n) is 7.47. The summed E-state index contributed by atoms with van der Waals surface area (Å²) in [4.78, 5) is 27.9. The fourth-order valence-electron chi connectivity index (χ4n) is 3.78.